The molecule has 0 fully saturated rings. The molecule has 0 saturated carbocycles. The Labute approximate surface area is 118 Å². The molecule has 0 aliphatic carbocycles. The van der Waals surface area contributed by atoms with Gasteiger partial charge in [-0.05, 0) is 42.2 Å². The Hall–Kier alpha value is -1.69. The first kappa shape index (κ1) is 16.4. The van der Waals surface area contributed by atoms with Crippen LogP contribution in [0, 0.1) is 0 Å². The molecule has 0 aliphatic rings. The Morgan fingerprint density at radius 3 is 2.65 bits per heavy atom. The summed E-state index contributed by atoms with van der Waals surface area (Å²) in [6.07, 6.45) is -1.53. The number of aryl methyl sites for hydroxylation is 1. The molecule has 110 valence electrons. The van der Waals surface area contributed by atoms with E-state index in [1.807, 2.05) is 0 Å². The highest BCUT2D eigenvalue weighted by Crippen LogP contribution is 2.26. The monoisotopic (exact) mass is 308 g/mol. The number of aliphatic carboxylic acids is 1. The standard InChI is InChI=1S/C13H12ClF3O3/c14-7-1-2-10-8-11(20-13(15,16)17)5-3-9(10)4-6-12(18)19/h3-6,8H,1-2,7H2,(H,18,19)/b6-4+. The summed E-state index contributed by atoms with van der Waals surface area (Å²) >= 11 is 5.55. The van der Waals surface area contributed by atoms with Gasteiger partial charge >= 0.3 is 12.3 Å². The fraction of sp³-hybridized carbons (Fsp3) is 0.308. The molecule has 1 aromatic carbocycles. The van der Waals surface area contributed by atoms with E-state index < -0.39 is 12.3 Å². The van der Waals surface area contributed by atoms with Gasteiger partial charge in [-0.3, -0.25) is 0 Å². The van der Waals surface area contributed by atoms with Crippen LogP contribution >= 0.6 is 11.6 Å². The van der Waals surface area contributed by atoms with Crippen LogP contribution in [0.2, 0.25) is 0 Å². The minimum atomic E-state index is -4.76. The molecule has 20 heavy (non-hydrogen) atoms. The zero-order valence-electron chi connectivity index (χ0n) is 10.3. The van der Waals surface area contributed by atoms with E-state index in [4.69, 9.17) is 16.7 Å². The van der Waals surface area contributed by atoms with Gasteiger partial charge in [-0.25, -0.2) is 4.79 Å². The first-order valence-corrected chi connectivity index (χ1v) is 6.21. The summed E-state index contributed by atoms with van der Waals surface area (Å²) in [6, 6.07) is 3.75. The quantitative estimate of drug-likeness (QED) is 0.641. The lowest BCUT2D eigenvalue weighted by molar-refractivity contribution is -0.274. The lowest BCUT2D eigenvalue weighted by atomic mass is 10.0. The summed E-state index contributed by atoms with van der Waals surface area (Å²) < 4.78 is 40.3. The SMILES string of the molecule is O=C(O)/C=C/c1ccc(OC(F)(F)F)cc1CCCCl. The molecule has 0 bridgehead atoms. The van der Waals surface area contributed by atoms with E-state index in [-0.39, 0.29) is 5.75 Å². The molecule has 0 amide bonds. The van der Waals surface area contributed by atoms with Crippen LogP contribution in [0.5, 0.6) is 5.75 Å². The highest BCUT2D eigenvalue weighted by molar-refractivity contribution is 6.17. The molecule has 1 rings (SSSR count). The summed E-state index contributed by atoms with van der Waals surface area (Å²) in [5.41, 5.74) is 1.07. The zero-order valence-corrected chi connectivity index (χ0v) is 11.0. The Bertz CT molecular complexity index is 498. The molecule has 0 radical (unpaired) electrons. The van der Waals surface area contributed by atoms with Gasteiger partial charge in [0, 0.05) is 12.0 Å². The normalized spacial score (nSPS) is 11.8. The number of hydrogen-bond donors (Lipinski definition) is 1. The van der Waals surface area contributed by atoms with Crippen LogP contribution in [0.1, 0.15) is 17.5 Å². The Kier molecular flexibility index (Phi) is 5.88. The fourth-order valence-corrected chi connectivity index (χ4v) is 1.71. The van der Waals surface area contributed by atoms with Crippen LogP contribution in [0.25, 0.3) is 6.08 Å². The van der Waals surface area contributed by atoms with Gasteiger partial charge in [0.2, 0.25) is 0 Å². The summed E-state index contributed by atoms with van der Waals surface area (Å²) in [7, 11) is 0. The third-order valence-corrected chi connectivity index (χ3v) is 2.60. The molecule has 1 aromatic rings. The van der Waals surface area contributed by atoms with Crippen molar-refractivity contribution in [2.75, 3.05) is 5.88 Å². The van der Waals surface area contributed by atoms with Gasteiger partial charge in [0.05, 0.1) is 0 Å². The summed E-state index contributed by atoms with van der Waals surface area (Å²) in [5, 5.41) is 8.57. The van der Waals surface area contributed by atoms with Crippen LogP contribution in [0.3, 0.4) is 0 Å². The van der Waals surface area contributed by atoms with Gasteiger partial charge in [-0.15, -0.1) is 24.8 Å². The van der Waals surface area contributed by atoms with E-state index in [1.165, 1.54) is 18.2 Å². The molecule has 1 N–H and O–H groups in total. The topological polar surface area (TPSA) is 46.5 Å². The van der Waals surface area contributed by atoms with Crippen molar-refractivity contribution < 1.29 is 27.8 Å². The number of carboxylic acid groups (broad SMARTS) is 1. The minimum Gasteiger partial charge on any atom is -0.478 e. The maximum atomic E-state index is 12.1. The van der Waals surface area contributed by atoms with E-state index in [9.17, 15) is 18.0 Å². The minimum absolute atomic E-state index is 0.338. The molecular formula is C13H12ClF3O3. The van der Waals surface area contributed by atoms with E-state index in [2.05, 4.69) is 4.74 Å². The van der Waals surface area contributed by atoms with Crippen LogP contribution in [0.4, 0.5) is 13.2 Å². The first-order chi connectivity index (χ1) is 9.31. The second-order valence-electron chi connectivity index (χ2n) is 3.87. The van der Waals surface area contributed by atoms with Crippen molar-refractivity contribution in [3.63, 3.8) is 0 Å². The van der Waals surface area contributed by atoms with Crippen molar-refractivity contribution in [2.24, 2.45) is 0 Å². The Morgan fingerprint density at radius 2 is 2.10 bits per heavy atom. The van der Waals surface area contributed by atoms with Crippen LogP contribution < -0.4 is 4.74 Å². The lowest BCUT2D eigenvalue weighted by Gasteiger charge is -2.12. The largest absolute Gasteiger partial charge is 0.573 e. The van der Waals surface area contributed by atoms with Crippen molar-refractivity contribution in [1.29, 1.82) is 0 Å². The van der Waals surface area contributed by atoms with E-state index in [1.54, 1.807) is 0 Å². The second-order valence-corrected chi connectivity index (χ2v) is 4.25. The summed E-state index contributed by atoms with van der Waals surface area (Å²) in [4.78, 5) is 10.5. The number of rotatable bonds is 6. The predicted octanol–water partition coefficient (Wildman–Crippen LogP) is 3.85. The van der Waals surface area contributed by atoms with Gasteiger partial charge in [0.15, 0.2) is 0 Å². The Morgan fingerprint density at radius 1 is 1.40 bits per heavy atom. The van der Waals surface area contributed by atoms with Crippen molar-refractivity contribution in [3.05, 3.63) is 35.4 Å². The van der Waals surface area contributed by atoms with Crippen LogP contribution in [-0.4, -0.2) is 23.3 Å². The van der Waals surface area contributed by atoms with Crippen LogP contribution in [-0.2, 0) is 11.2 Å². The molecule has 0 atom stereocenters. The maximum Gasteiger partial charge on any atom is 0.573 e. The predicted molar refractivity (Wildman–Crippen MR) is 68.8 cm³/mol. The summed E-state index contributed by atoms with van der Waals surface area (Å²) in [5.74, 6) is -1.12. The molecule has 0 aromatic heterocycles. The second kappa shape index (κ2) is 7.19. The van der Waals surface area contributed by atoms with E-state index in [0.717, 1.165) is 12.1 Å². The van der Waals surface area contributed by atoms with Crippen molar-refractivity contribution in [3.8, 4) is 5.75 Å². The average molecular weight is 309 g/mol. The number of benzene rings is 1. The molecule has 0 unspecified atom stereocenters. The van der Waals surface area contributed by atoms with E-state index >= 15 is 0 Å². The van der Waals surface area contributed by atoms with E-state index in [0.29, 0.717) is 29.8 Å². The number of alkyl halides is 4. The molecule has 7 heteroatoms. The maximum absolute atomic E-state index is 12.1. The van der Waals surface area contributed by atoms with Gasteiger partial charge in [0.1, 0.15) is 5.75 Å². The third-order valence-electron chi connectivity index (χ3n) is 2.33. The van der Waals surface area contributed by atoms with Gasteiger partial charge in [-0.2, -0.15) is 0 Å². The van der Waals surface area contributed by atoms with Crippen molar-refractivity contribution in [1.82, 2.24) is 0 Å². The fourth-order valence-electron chi connectivity index (χ4n) is 1.58. The smallest absolute Gasteiger partial charge is 0.478 e. The number of carboxylic acids is 1. The van der Waals surface area contributed by atoms with Crippen LogP contribution in [0.15, 0.2) is 24.3 Å². The highest BCUT2D eigenvalue weighted by Gasteiger charge is 2.31. The lowest BCUT2D eigenvalue weighted by Crippen LogP contribution is -2.17. The van der Waals surface area contributed by atoms with Gasteiger partial charge < -0.3 is 9.84 Å². The molecule has 0 aliphatic heterocycles. The average Bonchev–Trinajstić information content (AvgIpc) is 2.33. The Balaban J connectivity index is 3.02. The summed E-state index contributed by atoms with van der Waals surface area (Å²) in [6.45, 7) is 0. The molecule has 0 heterocycles. The number of hydrogen-bond acceptors (Lipinski definition) is 2. The molecular weight excluding hydrogens is 297 g/mol. The highest BCUT2D eigenvalue weighted by atomic mass is 35.5. The van der Waals surface area contributed by atoms with Crippen molar-refractivity contribution in [2.45, 2.75) is 19.2 Å². The molecule has 3 nitrogen and oxygen atoms in total. The van der Waals surface area contributed by atoms with Gasteiger partial charge in [0.25, 0.3) is 0 Å². The zero-order chi connectivity index (χ0) is 15.2. The van der Waals surface area contributed by atoms with Gasteiger partial charge in [-0.1, -0.05) is 6.07 Å². The molecule has 0 saturated heterocycles. The number of ether oxygens (including phenoxy) is 1. The third kappa shape index (κ3) is 5.97. The number of halogens is 4. The van der Waals surface area contributed by atoms with Crippen molar-refractivity contribution >= 4 is 23.6 Å². The first-order valence-electron chi connectivity index (χ1n) is 5.67. The molecule has 0 spiro atoms. The number of carbonyl (C=O) groups is 1.